The second-order valence-electron chi connectivity index (χ2n) is 2.54. The number of carbonyl (C=O) groups is 1. The first-order valence-electron chi connectivity index (χ1n) is 3.68. The molecule has 2 heterocycles. The third-order valence-corrected chi connectivity index (χ3v) is 1.66. The van der Waals surface area contributed by atoms with E-state index in [1.807, 2.05) is 0 Å². The molecular weight excluding hydrogens is 170 g/mol. The van der Waals surface area contributed by atoms with Gasteiger partial charge in [0.1, 0.15) is 5.70 Å². The van der Waals surface area contributed by atoms with Gasteiger partial charge in [-0.25, -0.2) is 4.79 Å². The van der Waals surface area contributed by atoms with Crippen molar-refractivity contribution in [3.8, 4) is 0 Å². The van der Waals surface area contributed by atoms with Gasteiger partial charge in [0.05, 0.1) is 11.9 Å². The van der Waals surface area contributed by atoms with Crippen molar-refractivity contribution >= 4 is 12.2 Å². The minimum atomic E-state index is -0.980. The molecule has 0 aromatic rings. The second-order valence-corrected chi connectivity index (χ2v) is 2.54. The third kappa shape index (κ3) is 1.31. The normalized spacial score (nSPS) is 18.6. The van der Waals surface area contributed by atoms with E-state index in [4.69, 9.17) is 5.11 Å². The van der Waals surface area contributed by atoms with Gasteiger partial charge >= 0.3 is 5.97 Å². The summed E-state index contributed by atoms with van der Waals surface area (Å²) in [6.45, 7) is 0. The van der Waals surface area contributed by atoms with Crippen molar-refractivity contribution in [2.75, 3.05) is 0 Å². The number of hydrazine groups is 1. The number of aliphatic carboxylic acids is 1. The molecule has 2 aliphatic rings. The number of allylic oxidation sites excluding steroid dienone is 2. The smallest absolute Gasteiger partial charge is 0.353 e. The highest BCUT2D eigenvalue weighted by Gasteiger charge is 2.20. The van der Waals surface area contributed by atoms with E-state index in [1.165, 1.54) is 6.08 Å². The molecule has 0 fully saturated rings. The van der Waals surface area contributed by atoms with Gasteiger partial charge in [0.2, 0.25) is 0 Å². The molecule has 66 valence electrons. The van der Waals surface area contributed by atoms with Crippen LogP contribution in [-0.4, -0.2) is 22.3 Å². The van der Waals surface area contributed by atoms with Crippen molar-refractivity contribution in [2.45, 2.75) is 0 Å². The molecule has 0 bridgehead atoms. The Kier molecular flexibility index (Phi) is 1.63. The fourth-order valence-electron chi connectivity index (χ4n) is 1.07. The highest BCUT2D eigenvalue weighted by Crippen LogP contribution is 2.16. The lowest BCUT2D eigenvalue weighted by atomic mass is 10.4. The molecule has 0 aromatic heterocycles. The van der Waals surface area contributed by atoms with Crippen LogP contribution in [0.25, 0.3) is 0 Å². The Morgan fingerprint density at radius 2 is 2.46 bits per heavy atom. The summed E-state index contributed by atoms with van der Waals surface area (Å²) in [6, 6.07) is 0. The van der Waals surface area contributed by atoms with Crippen LogP contribution in [0.4, 0.5) is 0 Å². The fraction of sp³-hybridized carbons (Fsp3) is 0. The van der Waals surface area contributed by atoms with E-state index in [0.29, 0.717) is 5.70 Å². The van der Waals surface area contributed by atoms with Crippen molar-refractivity contribution < 1.29 is 9.90 Å². The van der Waals surface area contributed by atoms with Gasteiger partial charge < -0.3 is 5.11 Å². The molecule has 5 heteroatoms. The zero-order valence-corrected chi connectivity index (χ0v) is 6.64. The number of carboxylic acid groups (broad SMARTS) is 1. The summed E-state index contributed by atoms with van der Waals surface area (Å²) in [5.74, 6) is -0.980. The highest BCUT2D eigenvalue weighted by atomic mass is 16.4. The van der Waals surface area contributed by atoms with Crippen LogP contribution in [0.15, 0.2) is 40.9 Å². The summed E-state index contributed by atoms with van der Waals surface area (Å²) in [5.41, 5.74) is 3.55. The first-order valence-corrected chi connectivity index (χ1v) is 3.68. The van der Waals surface area contributed by atoms with Crippen molar-refractivity contribution in [3.05, 3.63) is 35.9 Å². The Balaban J connectivity index is 2.31. The zero-order valence-electron chi connectivity index (χ0n) is 6.64. The van der Waals surface area contributed by atoms with Gasteiger partial charge in [-0.1, -0.05) is 0 Å². The average Bonchev–Trinajstić information content (AvgIpc) is 2.38. The number of nitrogens with zero attached hydrogens (tertiary/aromatic N) is 2. The first kappa shape index (κ1) is 7.60. The van der Waals surface area contributed by atoms with Crippen molar-refractivity contribution in [1.29, 1.82) is 0 Å². The minimum absolute atomic E-state index is 0.146. The molecular formula is C8H7N3O2. The van der Waals surface area contributed by atoms with Crippen LogP contribution < -0.4 is 5.43 Å². The molecule has 0 saturated carbocycles. The van der Waals surface area contributed by atoms with E-state index < -0.39 is 5.97 Å². The number of aliphatic imine (C=N–C) groups is 1. The quantitative estimate of drug-likeness (QED) is 0.601. The van der Waals surface area contributed by atoms with Crippen molar-refractivity contribution in [1.82, 2.24) is 10.4 Å². The van der Waals surface area contributed by atoms with Gasteiger partial charge in [0, 0.05) is 12.4 Å². The van der Waals surface area contributed by atoms with E-state index in [2.05, 4.69) is 10.4 Å². The predicted molar refractivity (Wildman–Crippen MR) is 46.4 cm³/mol. The van der Waals surface area contributed by atoms with Crippen molar-refractivity contribution in [3.63, 3.8) is 0 Å². The first-order chi connectivity index (χ1) is 6.27. The van der Waals surface area contributed by atoms with Crippen LogP contribution in [0, 0.1) is 0 Å². The van der Waals surface area contributed by atoms with E-state index in [-0.39, 0.29) is 5.70 Å². The average molecular weight is 177 g/mol. The number of hydrogen-bond donors (Lipinski definition) is 2. The van der Waals surface area contributed by atoms with Gasteiger partial charge in [0.15, 0.2) is 0 Å². The van der Waals surface area contributed by atoms with Crippen LogP contribution in [0.1, 0.15) is 0 Å². The van der Waals surface area contributed by atoms with Gasteiger partial charge in [-0.15, -0.1) is 0 Å². The maximum atomic E-state index is 10.6. The van der Waals surface area contributed by atoms with Crippen LogP contribution in [-0.2, 0) is 4.79 Å². The number of rotatable bonds is 1. The Morgan fingerprint density at radius 1 is 1.62 bits per heavy atom. The molecule has 0 radical (unpaired) electrons. The number of nitrogens with one attached hydrogen (secondary N) is 1. The Bertz CT molecular complexity index is 366. The molecule has 0 spiro atoms. The molecule has 5 nitrogen and oxygen atoms in total. The minimum Gasteiger partial charge on any atom is -0.477 e. The second kappa shape index (κ2) is 2.78. The summed E-state index contributed by atoms with van der Waals surface area (Å²) in [5, 5.41) is 10.3. The van der Waals surface area contributed by atoms with Gasteiger partial charge in [-0.3, -0.25) is 15.4 Å². The monoisotopic (exact) mass is 177 g/mol. The van der Waals surface area contributed by atoms with E-state index in [0.717, 1.165) is 0 Å². The maximum absolute atomic E-state index is 10.6. The molecule has 0 amide bonds. The Labute approximate surface area is 74.3 Å². The Hall–Kier alpha value is -2.04. The SMILES string of the molecule is O=C(O)C1=CC2=CN=CC=CN2N1. The summed E-state index contributed by atoms with van der Waals surface area (Å²) < 4.78 is 0. The van der Waals surface area contributed by atoms with E-state index in [9.17, 15) is 4.79 Å². The van der Waals surface area contributed by atoms with Crippen LogP contribution in [0.5, 0.6) is 0 Å². The third-order valence-electron chi connectivity index (χ3n) is 1.66. The van der Waals surface area contributed by atoms with Crippen molar-refractivity contribution in [2.24, 2.45) is 4.99 Å². The molecule has 2 aliphatic heterocycles. The Morgan fingerprint density at radius 3 is 3.23 bits per heavy atom. The molecule has 0 atom stereocenters. The molecule has 0 saturated heterocycles. The van der Waals surface area contributed by atoms with Gasteiger partial charge in [-0.2, -0.15) is 0 Å². The molecule has 0 unspecified atom stereocenters. The molecule has 0 aliphatic carbocycles. The lowest BCUT2D eigenvalue weighted by molar-refractivity contribution is -0.133. The van der Waals surface area contributed by atoms with Gasteiger partial charge in [-0.05, 0) is 12.2 Å². The summed E-state index contributed by atoms with van der Waals surface area (Å²) in [6.07, 6.45) is 8.16. The fourth-order valence-corrected chi connectivity index (χ4v) is 1.07. The molecule has 13 heavy (non-hydrogen) atoms. The summed E-state index contributed by atoms with van der Waals surface area (Å²) >= 11 is 0. The molecule has 2 N–H and O–H groups in total. The van der Waals surface area contributed by atoms with E-state index in [1.54, 1.807) is 29.7 Å². The lowest BCUT2D eigenvalue weighted by Crippen LogP contribution is -2.28. The topological polar surface area (TPSA) is 64.9 Å². The van der Waals surface area contributed by atoms with Crippen LogP contribution in [0.2, 0.25) is 0 Å². The lowest BCUT2D eigenvalue weighted by Gasteiger charge is -2.14. The number of carboxylic acids is 1. The number of fused-ring (bicyclic) bond motifs is 1. The predicted octanol–water partition coefficient (Wildman–Crippen LogP) is 0.215. The van der Waals surface area contributed by atoms with Crippen LogP contribution in [0.3, 0.4) is 0 Å². The van der Waals surface area contributed by atoms with Crippen LogP contribution >= 0.6 is 0 Å². The van der Waals surface area contributed by atoms with E-state index >= 15 is 0 Å². The maximum Gasteiger partial charge on any atom is 0.353 e. The number of hydrogen-bond acceptors (Lipinski definition) is 4. The highest BCUT2D eigenvalue weighted by molar-refractivity contribution is 5.87. The molecule has 0 aromatic carbocycles. The summed E-state index contributed by atoms with van der Waals surface area (Å²) in [7, 11) is 0. The largest absolute Gasteiger partial charge is 0.477 e. The standard InChI is InChI=1S/C8H7N3O2/c12-8(13)7-4-6-5-9-2-1-3-11(6)10-7/h1-5,10H,(H,12,13). The summed E-state index contributed by atoms with van der Waals surface area (Å²) in [4.78, 5) is 14.5. The zero-order chi connectivity index (χ0) is 9.26. The molecule has 2 rings (SSSR count). The van der Waals surface area contributed by atoms with Gasteiger partial charge in [0.25, 0.3) is 0 Å².